The Balaban J connectivity index is 2.31. The normalized spacial score (nSPS) is 17.3. The van der Waals surface area contributed by atoms with Crippen molar-refractivity contribution in [2.24, 2.45) is 0 Å². The number of rotatable bonds is 5. The SMILES string of the molecule is COC(=O)c1cc(C#CCBr)c2n1CCCC[C@@H]2CCO[Si](C)(C)C(C)(C)C. The van der Waals surface area contributed by atoms with E-state index < -0.39 is 8.32 Å². The molecule has 0 fully saturated rings. The fourth-order valence-electron chi connectivity index (χ4n) is 3.50. The lowest BCUT2D eigenvalue weighted by Crippen LogP contribution is -2.41. The van der Waals surface area contributed by atoms with Crippen LogP contribution in [0, 0.1) is 11.8 Å². The van der Waals surface area contributed by atoms with Gasteiger partial charge in [-0.05, 0) is 43.5 Å². The van der Waals surface area contributed by atoms with E-state index in [0.29, 0.717) is 16.9 Å². The Morgan fingerprint density at radius 1 is 1.36 bits per heavy atom. The van der Waals surface area contributed by atoms with Crippen LogP contribution in [0.1, 0.15) is 74.1 Å². The van der Waals surface area contributed by atoms with E-state index in [1.54, 1.807) is 0 Å². The van der Waals surface area contributed by atoms with Crippen LogP contribution in [0.3, 0.4) is 0 Å². The van der Waals surface area contributed by atoms with E-state index in [1.165, 1.54) is 12.8 Å². The Bertz CT molecular complexity index is 752. The number of halogens is 1. The van der Waals surface area contributed by atoms with Crippen LogP contribution in [-0.2, 0) is 15.7 Å². The maximum Gasteiger partial charge on any atom is 0.354 e. The van der Waals surface area contributed by atoms with Crippen LogP contribution in [0.2, 0.25) is 18.1 Å². The van der Waals surface area contributed by atoms with Gasteiger partial charge in [-0.25, -0.2) is 4.79 Å². The lowest BCUT2D eigenvalue weighted by atomic mass is 9.94. The van der Waals surface area contributed by atoms with Gasteiger partial charge in [0.1, 0.15) is 5.69 Å². The number of aromatic nitrogens is 1. The second-order valence-corrected chi connectivity index (χ2v) is 14.4. The predicted octanol–water partition coefficient (Wildman–Crippen LogP) is 5.70. The van der Waals surface area contributed by atoms with Crippen LogP contribution in [-0.4, -0.2) is 37.9 Å². The zero-order valence-corrected chi connectivity index (χ0v) is 20.7. The summed E-state index contributed by atoms with van der Waals surface area (Å²) < 4.78 is 13.6. The van der Waals surface area contributed by atoms with Crippen molar-refractivity contribution in [3.63, 3.8) is 0 Å². The average Bonchev–Trinajstić information content (AvgIpc) is 2.85. The summed E-state index contributed by atoms with van der Waals surface area (Å²) >= 11 is 3.38. The summed E-state index contributed by atoms with van der Waals surface area (Å²) in [4.78, 5) is 12.3. The van der Waals surface area contributed by atoms with Crippen molar-refractivity contribution in [3.8, 4) is 11.8 Å². The minimum atomic E-state index is -1.76. The second kappa shape index (κ2) is 9.64. The van der Waals surface area contributed by atoms with E-state index in [1.807, 2.05) is 6.07 Å². The van der Waals surface area contributed by atoms with Gasteiger partial charge in [0, 0.05) is 30.3 Å². The van der Waals surface area contributed by atoms with Crippen molar-refractivity contribution >= 4 is 30.2 Å². The van der Waals surface area contributed by atoms with Crippen LogP contribution in [0.15, 0.2) is 6.07 Å². The Hall–Kier alpha value is -1.03. The van der Waals surface area contributed by atoms with Gasteiger partial charge in [0.25, 0.3) is 0 Å². The van der Waals surface area contributed by atoms with Crippen molar-refractivity contribution in [3.05, 3.63) is 23.0 Å². The largest absolute Gasteiger partial charge is 0.464 e. The van der Waals surface area contributed by atoms with E-state index >= 15 is 0 Å². The number of hydrogen-bond donors (Lipinski definition) is 0. The number of carbonyl (C=O) groups is 1. The first-order valence-corrected chi connectivity index (χ1v) is 14.2. The number of carbonyl (C=O) groups excluding carboxylic acids is 1. The molecule has 0 amide bonds. The van der Waals surface area contributed by atoms with Crippen molar-refractivity contribution in [2.45, 2.75) is 77.0 Å². The average molecular weight is 469 g/mol. The molecule has 0 bridgehead atoms. The lowest BCUT2D eigenvalue weighted by Gasteiger charge is -2.36. The highest BCUT2D eigenvalue weighted by Gasteiger charge is 2.37. The molecule has 0 aromatic carbocycles. The summed E-state index contributed by atoms with van der Waals surface area (Å²) in [6.45, 7) is 13.0. The molecule has 0 saturated heterocycles. The molecule has 1 aromatic heterocycles. The van der Waals surface area contributed by atoms with Crippen LogP contribution in [0.25, 0.3) is 0 Å². The van der Waals surface area contributed by atoms with Crippen molar-refractivity contribution in [1.29, 1.82) is 0 Å². The Morgan fingerprint density at radius 2 is 2.07 bits per heavy atom. The summed E-state index contributed by atoms with van der Waals surface area (Å²) in [6, 6.07) is 1.91. The first-order valence-electron chi connectivity index (χ1n) is 10.1. The number of alkyl halides is 1. The van der Waals surface area contributed by atoms with Gasteiger partial charge in [-0.3, -0.25) is 0 Å². The predicted molar refractivity (Wildman–Crippen MR) is 121 cm³/mol. The smallest absolute Gasteiger partial charge is 0.354 e. The van der Waals surface area contributed by atoms with Crippen LogP contribution in [0.5, 0.6) is 0 Å². The summed E-state index contributed by atoms with van der Waals surface area (Å²) in [6.07, 6.45) is 4.28. The Labute approximate surface area is 179 Å². The van der Waals surface area contributed by atoms with Gasteiger partial charge in [0.2, 0.25) is 0 Å². The van der Waals surface area contributed by atoms with E-state index in [4.69, 9.17) is 9.16 Å². The van der Waals surface area contributed by atoms with Crippen molar-refractivity contribution in [1.82, 2.24) is 4.57 Å². The summed E-state index contributed by atoms with van der Waals surface area (Å²) in [5.74, 6) is 6.42. The standard InChI is InChI=1S/C22H34BrNO3Si/c1-22(2,3)28(5,6)27-15-12-17-10-7-8-14-24-19(21(25)26-4)16-18(20(17)24)11-9-13-23/h16-17H,7-8,10,12-15H2,1-6H3/t17-/m1/s1. The molecule has 4 nitrogen and oxygen atoms in total. The zero-order chi connectivity index (χ0) is 20.9. The highest BCUT2D eigenvalue weighted by molar-refractivity contribution is 9.09. The molecule has 0 radical (unpaired) electrons. The number of hydrogen-bond acceptors (Lipinski definition) is 3. The molecule has 1 atom stereocenters. The molecule has 0 N–H and O–H groups in total. The summed E-state index contributed by atoms with van der Waals surface area (Å²) in [5, 5.41) is 0.825. The molecule has 0 spiro atoms. The Morgan fingerprint density at radius 3 is 2.68 bits per heavy atom. The number of nitrogens with zero attached hydrogens (tertiary/aromatic N) is 1. The molecule has 0 unspecified atom stereocenters. The number of esters is 1. The molecule has 1 aliphatic rings. The zero-order valence-electron chi connectivity index (χ0n) is 18.2. The van der Waals surface area contributed by atoms with Crippen molar-refractivity contribution in [2.75, 3.05) is 19.0 Å². The highest BCUT2D eigenvalue weighted by atomic mass is 79.9. The molecule has 1 aromatic rings. The van der Waals surface area contributed by atoms with E-state index in [9.17, 15) is 4.79 Å². The van der Waals surface area contributed by atoms with Gasteiger partial charge in [0.15, 0.2) is 8.32 Å². The molecule has 2 heterocycles. The molecule has 28 heavy (non-hydrogen) atoms. The quantitative estimate of drug-likeness (QED) is 0.241. The number of ether oxygens (including phenoxy) is 1. The fraction of sp³-hybridized carbons (Fsp3) is 0.682. The fourth-order valence-corrected chi connectivity index (χ4v) is 4.70. The third kappa shape index (κ3) is 5.31. The first kappa shape index (κ1) is 23.2. The number of methoxy groups -OCH3 is 1. The second-order valence-electron chi connectivity index (χ2n) is 9.00. The van der Waals surface area contributed by atoms with Gasteiger partial charge in [-0.2, -0.15) is 0 Å². The summed E-state index contributed by atoms with van der Waals surface area (Å²) in [5.41, 5.74) is 2.76. The maximum atomic E-state index is 12.3. The van der Waals surface area contributed by atoms with Crippen LogP contribution >= 0.6 is 15.9 Å². The molecule has 6 heteroatoms. The van der Waals surface area contributed by atoms with E-state index in [-0.39, 0.29) is 11.0 Å². The summed E-state index contributed by atoms with van der Waals surface area (Å²) in [7, 11) is -0.324. The van der Waals surface area contributed by atoms with Gasteiger partial charge in [0.05, 0.1) is 12.4 Å². The molecular weight excluding hydrogens is 434 g/mol. The van der Waals surface area contributed by atoms with Gasteiger partial charge in [-0.15, -0.1) is 0 Å². The lowest BCUT2D eigenvalue weighted by molar-refractivity contribution is 0.0588. The molecule has 1 aliphatic heterocycles. The van der Waals surface area contributed by atoms with Gasteiger partial charge < -0.3 is 13.7 Å². The third-order valence-corrected chi connectivity index (χ3v) is 10.9. The number of fused-ring (bicyclic) bond motifs is 1. The van der Waals surface area contributed by atoms with Crippen LogP contribution < -0.4 is 0 Å². The minimum Gasteiger partial charge on any atom is -0.464 e. The molecule has 2 rings (SSSR count). The maximum absolute atomic E-state index is 12.3. The topological polar surface area (TPSA) is 40.5 Å². The Kier molecular flexibility index (Phi) is 8.01. The van der Waals surface area contributed by atoms with Crippen LogP contribution in [0.4, 0.5) is 0 Å². The minimum absolute atomic E-state index is 0.210. The molecular formula is C22H34BrNO3Si. The van der Waals surface area contributed by atoms with Gasteiger partial charge >= 0.3 is 5.97 Å². The molecule has 156 valence electrons. The highest BCUT2D eigenvalue weighted by Crippen LogP contribution is 2.38. The third-order valence-electron chi connectivity index (χ3n) is 6.13. The van der Waals surface area contributed by atoms with E-state index in [2.05, 4.69) is 66.2 Å². The van der Waals surface area contributed by atoms with Crippen molar-refractivity contribution < 1.29 is 14.0 Å². The van der Waals surface area contributed by atoms with E-state index in [0.717, 1.165) is 44.4 Å². The monoisotopic (exact) mass is 467 g/mol. The van der Waals surface area contributed by atoms with Gasteiger partial charge in [-0.1, -0.05) is 55.0 Å². The first-order chi connectivity index (χ1) is 13.1. The molecule has 0 aliphatic carbocycles. The molecule has 0 saturated carbocycles.